The summed E-state index contributed by atoms with van der Waals surface area (Å²) in [6.45, 7) is 13.3. The van der Waals surface area contributed by atoms with Gasteiger partial charge in [0.15, 0.2) is 0 Å². The summed E-state index contributed by atoms with van der Waals surface area (Å²) in [4.78, 5) is 12.3. The third kappa shape index (κ3) is 6.02. The molecule has 0 heterocycles. The molecule has 1 amide bonds. The molecule has 0 saturated carbocycles. The van der Waals surface area contributed by atoms with Crippen LogP contribution in [0.1, 0.15) is 63.0 Å². The van der Waals surface area contributed by atoms with Gasteiger partial charge in [0.25, 0.3) is 5.91 Å². The van der Waals surface area contributed by atoms with Crippen LogP contribution in [0.25, 0.3) is 0 Å². The Morgan fingerprint density at radius 2 is 1.70 bits per heavy atom. The van der Waals surface area contributed by atoms with Gasteiger partial charge in [-0.05, 0) is 62.1 Å². The van der Waals surface area contributed by atoms with E-state index < -0.39 is 0 Å². The number of carbonyl (C=O) groups is 1. The zero-order valence-electron chi connectivity index (χ0n) is 17.3. The summed E-state index contributed by atoms with van der Waals surface area (Å²) in [6.07, 6.45) is 0. The predicted molar refractivity (Wildman–Crippen MR) is 110 cm³/mol. The summed E-state index contributed by atoms with van der Waals surface area (Å²) >= 11 is 0. The number of hydrogen-bond acceptors (Lipinski definition) is 3. The number of benzene rings is 2. The fraction of sp³-hybridized carbons (Fsp3) is 0.435. The van der Waals surface area contributed by atoms with Crippen LogP contribution in [0.4, 0.5) is 0 Å². The minimum absolute atomic E-state index is 0.0881. The number of carbonyl (C=O) groups excluding carboxylic acids is 1. The quantitative estimate of drug-likeness (QED) is 0.738. The molecule has 0 aromatic heterocycles. The molecule has 0 fully saturated rings. The summed E-state index contributed by atoms with van der Waals surface area (Å²) in [6, 6.07) is 13.7. The molecule has 1 N–H and O–H groups in total. The average Bonchev–Trinajstić information content (AvgIpc) is 2.60. The molecule has 4 nitrogen and oxygen atoms in total. The topological polar surface area (TPSA) is 47.6 Å². The van der Waals surface area contributed by atoms with Crippen LogP contribution in [0.15, 0.2) is 42.5 Å². The molecule has 2 aromatic rings. The zero-order chi connectivity index (χ0) is 20.0. The monoisotopic (exact) mass is 369 g/mol. The second kappa shape index (κ2) is 8.94. The van der Waals surface area contributed by atoms with Gasteiger partial charge in [-0.15, -0.1) is 0 Å². The van der Waals surface area contributed by atoms with E-state index in [-0.39, 0.29) is 17.4 Å². The first-order valence-electron chi connectivity index (χ1n) is 9.50. The minimum atomic E-state index is -0.0937. The van der Waals surface area contributed by atoms with Crippen molar-refractivity contribution in [2.45, 2.75) is 59.6 Å². The summed E-state index contributed by atoms with van der Waals surface area (Å²) in [5, 5.41) is 2.91. The number of hydrogen-bond donors (Lipinski definition) is 1. The smallest absolute Gasteiger partial charge is 0.251 e. The highest BCUT2D eigenvalue weighted by atomic mass is 16.5. The van der Waals surface area contributed by atoms with E-state index in [9.17, 15) is 4.79 Å². The molecule has 0 aliphatic rings. The van der Waals surface area contributed by atoms with E-state index in [0.717, 1.165) is 17.1 Å². The summed E-state index contributed by atoms with van der Waals surface area (Å²) in [5.41, 5.74) is 2.83. The Morgan fingerprint density at radius 1 is 1.04 bits per heavy atom. The van der Waals surface area contributed by atoms with Crippen molar-refractivity contribution in [3.8, 4) is 11.5 Å². The first-order chi connectivity index (χ1) is 12.7. The van der Waals surface area contributed by atoms with Gasteiger partial charge in [-0.2, -0.15) is 0 Å². The summed E-state index contributed by atoms with van der Waals surface area (Å²) < 4.78 is 11.6. The van der Waals surface area contributed by atoms with Crippen LogP contribution in [0.5, 0.6) is 11.5 Å². The molecule has 0 unspecified atom stereocenters. The van der Waals surface area contributed by atoms with Gasteiger partial charge in [-0.25, -0.2) is 0 Å². The second-order valence-electron chi connectivity index (χ2n) is 7.95. The number of nitrogens with one attached hydrogen (secondary N) is 1. The minimum Gasteiger partial charge on any atom is -0.493 e. The van der Waals surface area contributed by atoms with Crippen molar-refractivity contribution >= 4 is 5.91 Å². The molecule has 0 spiro atoms. The summed E-state index contributed by atoms with van der Waals surface area (Å²) in [5.74, 6) is 1.44. The van der Waals surface area contributed by atoms with Crippen molar-refractivity contribution in [1.82, 2.24) is 5.32 Å². The number of amides is 1. The van der Waals surface area contributed by atoms with E-state index in [1.165, 1.54) is 5.56 Å². The lowest BCUT2D eigenvalue weighted by Gasteiger charge is -2.19. The Kier molecular flexibility index (Phi) is 6.89. The van der Waals surface area contributed by atoms with Crippen LogP contribution < -0.4 is 14.8 Å². The van der Waals surface area contributed by atoms with E-state index in [0.29, 0.717) is 18.8 Å². The first-order valence-corrected chi connectivity index (χ1v) is 9.50. The molecule has 0 atom stereocenters. The Morgan fingerprint density at radius 3 is 2.26 bits per heavy atom. The van der Waals surface area contributed by atoms with Gasteiger partial charge in [-0.3, -0.25) is 4.79 Å². The molecule has 0 saturated heterocycles. The van der Waals surface area contributed by atoms with E-state index in [4.69, 9.17) is 9.47 Å². The standard InChI is InChI=1S/C23H31NO3/c1-7-26-21-13-8-17(22(25)24-16(2)3)14-18(21)15-27-20-11-9-19(10-12-20)23(4,5)6/h8-14,16H,7,15H2,1-6H3,(H,24,25). The fourth-order valence-electron chi connectivity index (χ4n) is 2.69. The van der Waals surface area contributed by atoms with Crippen molar-refractivity contribution in [2.24, 2.45) is 0 Å². The SMILES string of the molecule is CCOc1ccc(C(=O)NC(C)C)cc1COc1ccc(C(C)(C)C)cc1. The molecule has 27 heavy (non-hydrogen) atoms. The maximum atomic E-state index is 12.3. The fourth-order valence-corrected chi connectivity index (χ4v) is 2.69. The highest BCUT2D eigenvalue weighted by Gasteiger charge is 2.14. The maximum Gasteiger partial charge on any atom is 0.251 e. The van der Waals surface area contributed by atoms with Gasteiger partial charge in [0.05, 0.1) is 6.61 Å². The van der Waals surface area contributed by atoms with Gasteiger partial charge in [0, 0.05) is 17.2 Å². The second-order valence-corrected chi connectivity index (χ2v) is 7.95. The highest BCUT2D eigenvalue weighted by molar-refractivity contribution is 5.94. The molecular weight excluding hydrogens is 338 g/mol. The van der Waals surface area contributed by atoms with Crippen molar-refractivity contribution < 1.29 is 14.3 Å². The van der Waals surface area contributed by atoms with Crippen LogP contribution in [0.2, 0.25) is 0 Å². The van der Waals surface area contributed by atoms with Gasteiger partial charge in [-0.1, -0.05) is 32.9 Å². The average molecular weight is 370 g/mol. The molecule has 0 bridgehead atoms. The third-order valence-electron chi connectivity index (χ3n) is 4.16. The van der Waals surface area contributed by atoms with Crippen molar-refractivity contribution in [3.05, 3.63) is 59.2 Å². The van der Waals surface area contributed by atoms with E-state index in [2.05, 4.69) is 38.2 Å². The molecule has 146 valence electrons. The van der Waals surface area contributed by atoms with Gasteiger partial charge in [0.1, 0.15) is 18.1 Å². The largest absolute Gasteiger partial charge is 0.493 e. The summed E-state index contributed by atoms with van der Waals surface area (Å²) in [7, 11) is 0. The lowest BCUT2D eigenvalue weighted by atomic mass is 9.87. The lowest BCUT2D eigenvalue weighted by molar-refractivity contribution is 0.0943. The molecule has 0 aliphatic heterocycles. The van der Waals surface area contributed by atoms with Gasteiger partial charge in [0.2, 0.25) is 0 Å². The van der Waals surface area contributed by atoms with Crippen LogP contribution in [-0.4, -0.2) is 18.6 Å². The molecule has 2 aromatic carbocycles. The Balaban J connectivity index is 2.16. The van der Waals surface area contributed by atoms with Crippen LogP contribution in [0, 0.1) is 0 Å². The van der Waals surface area contributed by atoms with E-state index >= 15 is 0 Å². The highest BCUT2D eigenvalue weighted by Crippen LogP contribution is 2.26. The van der Waals surface area contributed by atoms with E-state index in [1.807, 2.05) is 45.0 Å². The number of ether oxygens (including phenoxy) is 2. The van der Waals surface area contributed by atoms with Crippen molar-refractivity contribution in [3.63, 3.8) is 0 Å². The lowest BCUT2D eigenvalue weighted by Crippen LogP contribution is -2.30. The zero-order valence-corrected chi connectivity index (χ0v) is 17.3. The van der Waals surface area contributed by atoms with Gasteiger partial charge >= 0.3 is 0 Å². The Labute approximate surface area is 162 Å². The third-order valence-corrected chi connectivity index (χ3v) is 4.16. The molecule has 2 rings (SSSR count). The van der Waals surface area contributed by atoms with Gasteiger partial charge < -0.3 is 14.8 Å². The Hall–Kier alpha value is -2.49. The molecule has 0 radical (unpaired) electrons. The first kappa shape index (κ1) is 20.8. The van der Waals surface area contributed by atoms with Crippen LogP contribution in [0.3, 0.4) is 0 Å². The van der Waals surface area contributed by atoms with Crippen molar-refractivity contribution in [1.29, 1.82) is 0 Å². The van der Waals surface area contributed by atoms with Crippen LogP contribution in [-0.2, 0) is 12.0 Å². The predicted octanol–water partition coefficient (Wildman–Crippen LogP) is 5.10. The maximum absolute atomic E-state index is 12.3. The molecular formula is C23H31NO3. The van der Waals surface area contributed by atoms with Crippen molar-refractivity contribution in [2.75, 3.05) is 6.61 Å². The van der Waals surface area contributed by atoms with E-state index in [1.54, 1.807) is 6.07 Å². The number of rotatable bonds is 7. The normalized spacial score (nSPS) is 11.4. The van der Waals surface area contributed by atoms with Crippen LogP contribution >= 0.6 is 0 Å². The molecule has 0 aliphatic carbocycles. The Bertz CT molecular complexity index is 758. The molecule has 4 heteroatoms.